The maximum atomic E-state index is 12.3. The molecule has 0 aliphatic carbocycles. The van der Waals surface area contributed by atoms with Gasteiger partial charge in [-0.25, -0.2) is 9.78 Å². The molecule has 0 spiro atoms. The zero-order chi connectivity index (χ0) is 24.4. The summed E-state index contributed by atoms with van der Waals surface area (Å²) in [5, 5.41) is 0. The van der Waals surface area contributed by atoms with E-state index in [0.29, 0.717) is 32.3 Å². The van der Waals surface area contributed by atoms with Crippen LogP contribution in [0.15, 0.2) is 18.3 Å². The third-order valence-electron chi connectivity index (χ3n) is 6.12. The van der Waals surface area contributed by atoms with Crippen molar-refractivity contribution in [1.29, 1.82) is 0 Å². The zero-order valence-electron chi connectivity index (χ0n) is 21.3. The van der Waals surface area contributed by atoms with E-state index in [1.165, 1.54) is 0 Å². The van der Waals surface area contributed by atoms with Crippen LogP contribution in [0.4, 0.5) is 10.6 Å². The molecule has 0 bridgehead atoms. The number of anilines is 1. The van der Waals surface area contributed by atoms with Crippen molar-refractivity contribution in [2.45, 2.75) is 39.2 Å². The summed E-state index contributed by atoms with van der Waals surface area (Å²) in [5.74, 6) is 2.47. The first-order valence-corrected chi connectivity index (χ1v) is 12.4. The average molecular weight is 479 g/mol. The summed E-state index contributed by atoms with van der Waals surface area (Å²) in [7, 11) is 1.66. The Bertz CT molecular complexity index is 741. The molecule has 0 N–H and O–H groups in total. The lowest BCUT2D eigenvalue weighted by atomic mass is 9.96. The average Bonchev–Trinajstić information content (AvgIpc) is 2.81. The molecule has 0 saturated carbocycles. The van der Waals surface area contributed by atoms with E-state index < -0.39 is 5.60 Å². The van der Waals surface area contributed by atoms with Crippen LogP contribution in [-0.4, -0.2) is 106 Å². The zero-order valence-corrected chi connectivity index (χ0v) is 21.3. The van der Waals surface area contributed by atoms with Crippen molar-refractivity contribution in [3.8, 4) is 5.75 Å². The molecule has 1 aromatic heterocycles. The van der Waals surface area contributed by atoms with Crippen molar-refractivity contribution in [2.75, 3.05) is 84.3 Å². The lowest BCUT2D eigenvalue weighted by molar-refractivity contribution is 0.0130. The van der Waals surface area contributed by atoms with Gasteiger partial charge in [-0.2, -0.15) is 0 Å². The number of carbonyl (C=O) groups is 1. The Morgan fingerprint density at radius 3 is 2.41 bits per heavy atom. The first-order chi connectivity index (χ1) is 16.3. The van der Waals surface area contributed by atoms with Gasteiger partial charge in [0.2, 0.25) is 0 Å². The summed E-state index contributed by atoms with van der Waals surface area (Å²) in [6.45, 7) is 14.3. The fourth-order valence-corrected chi connectivity index (χ4v) is 4.27. The van der Waals surface area contributed by atoms with E-state index in [4.69, 9.17) is 18.9 Å². The van der Waals surface area contributed by atoms with Gasteiger partial charge in [0, 0.05) is 65.2 Å². The molecule has 2 aliphatic rings. The Balaban J connectivity index is 1.35. The van der Waals surface area contributed by atoms with E-state index in [2.05, 4.69) is 14.8 Å². The van der Waals surface area contributed by atoms with E-state index in [1.807, 2.05) is 44.0 Å². The van der Waals surface area contributed by atoms with Crippen molar-refractivity contribution in [1.82, 2.24) is 14.8 Å². The van der Waals surface area contributed by atoms with Crippen LogP contribution in [-0.2, 0) is 14.2 Å². The van der Waals surface area contributed by atoms with Crippen molar-refractivity contribution >= 4 is 11.9 Å². The van der Waals surface area contributed by atoms with Crippen molar-refractivity contribution in [2.24, 2.45) is 5.92 Å². The van der Waals surface area contributed by atoms with Gasteiger partial charge in [0.25, 0.3) is 0 Å². The number of hydrogen-bond donors (Lipinski definition) is 0. The Kier molecular flexibility index (Phi) is 10.2. The molecule has 9 nitrogen and oxygen atoms in total. The number of aromatic nitrogens is 1. The predicted molar refractivity (Wildman–Crippen MR) is 132 cm³/mol. The number of hydrogen-bond acceptors (Lipinski definition) is 8. The van der Waals surface area contributed by atoms with E-state index in [9.17, 15) is 4.79 Å². The predicted octanol–water partition coefficient (Wildman–Crippen LogP) is 2.89. The minimum absolute atomic E-state index is 0.196. The molecule has 3 heterocycles. The number of ether oxygens (including phenoxy) is 4. The summed E-state index contributed by atoms with van der Waals surface area (Å²) in [5.41, 5.74) is -0.443. The summed E-state index contributed by atoms with van der Waals surface area (Å²) < 4.78 is 21.7. The molecule has 0 aromatic carbocycles. The summed E-state index contributed by atoms with van der Waals surface area (Å²) in [6.07, 6.45) is 3.91. The number of piperidine rings is 1. The summed E-state index contributed by atoms with van der Waals surface area (Å²) in [4.78, 5) is 23.5. The fourth-order valence-electron chi connectivity index (χ4n) is 4.27. The minimum Gasteiger partial charge on any atom is -0.491 e. The molecular formula is C25H42N4O5. The number of piperazine rings is 1. The monoisotopic (exact) mass is 478 g/mol. The first kappa shape index (κ1) is 26.5. The molecule has 2 fully saturated rings. The fraction of sp³-hybridized carbons (Fsp3) is 0.760. The highest BCUT2D eigenvalue weighted by Crippen LogP contribution is 2.25. The van der Waals surface area contributed by atoms with Gasteiger partial charge < -0.3 is 28.7 Å². The van der Waals surface area contributed by atoms with Crippen LogP contribution in [0.2, 0.25) is 0 Å². The summed E-state index contributed by atoms with van der Waals surface area (Å²) >= 11 is 0. The second kappa shape index (κ2) is 13.1. The van der Waals surface area contributed by atoms with E-state index in [-0.39, 0.29) is 6.09 Å². The Morgan fingerprint density at radius 2 is 1.74 bits per heavy atom. The van der Waals surface area contributed by atoms with Gasteiger partial charge >= 0.3 is 6.09 Å². The quantitative estimate of drug-likeness (QED) is 0.475. The van der Waals surface area contributed by atoms with Crippen LogP contribution in [0, 0.1) is 5.92 Å². The number of methoxy groups -OCH3 is 1. The molecule has 1 amide bonds. The molecule has 192 valence electrons. The van der Waals surface area contributed by atoms with Crippen LogP contribution in [0.3, 0.4) is 0 Å². The Hall–Kier alpha value is -2.10. The lowest BCUT2D eigenvalue weighted by Gasteiger charge is -2.39. The van der Waals surface area contributed by atoms with Crippen LogP contribution in [0.1, 0.15) is 33.6 Å². The number of nitrogens with zero attached hydrogens (tertiary/aromatic N) is 4. The Morgan fingerprint density at radius 1 is 1.03 bits per heavy atom. The van der Waals surface area contributed by atoms with Gasteiger partial charge in [0.1, 0.15) is 23.8 Å². The maximum Gasteiger partial charge on any atom is 0.410 e. The number of pyridine rings is 1. The molecule has 0 radical (unpaired) electrons. The van der Waals surface area contributed by atoms with Crippen LogP contribution in [0.5, 0.6) is 5.75 Å². The second-order valence-electron chi connectivity index (χ2n) is 10.0. The normalized spacial score (nSPS) is 18.2. The Labute approximate surface area is 204 Å². The van der Waals surface area contributed by atoms with Gasteiger partial charge in [0.05, 0.1) is 19.8 Å². The molecule has 34 heavy (non-hydrogen) atoms. The second-order valence-corrected chi connectivity index (χ2v) is 10.0. The van der Waals surface area contributed by atoms with E-state index >= 15 is 0 Å². The van der Waals surface area contributed by atoms with Crippen molar-refractivity contribution in [3.63, 3.8) is 0 Å². The third kappa shape index (κ3) is 8.92. The molecule has 2 saturated heterocycles. The van der Waals surface area contributed by atoms with Crippen molar-refractivity contribution in [3.05, 3.63) is 18.3 Å². The van der Waals surface area contributed by atoms with E-state index in [1.54, 1.807) is 7.11 Å². The van der Waals surface area contributed by atoms with Gasteiger partial charge in [-0.05, 0) is 45.6 Å². The molecular weight excluding hydrogens is 436 g/mol. The smallest absolute Gasteiger partial charge is 0.410 e. The molecule has 3 rings (SSSR count). The van der Waals surface area contributed by atoms with Crippen LogP contribution < -0.4 is 9.64 Å². The van der Waals surface area contributed by atoms with Gasteiger partial charge in [-0.15, -0.1) is 0 Å². The minimum atomic E-state index is -0.443. The van der Waals surface area contributed by atoms with Gasteiger partial charge in [0.15, 0.2) is 0 Å². The number of amides is 1. The maximum absolute atomic E-state index is 12.3. The molecule has 1 aromatic rings. The van der Waals surface area contributed by atoms with Crippen LogP contribution in [0.25, 0.3) is 0 Å². The van der Waals surface area contributed by atoms with Crippen molar-refractivity contribution < 1.29 is 23.7 Å². The van der Waals surface area contributed by atoms with Crippen LogP contribution >= 0.6 is 0 Å². The third-order valence-corrected chi connectivity index (χ3v) is 6.12. The SMILES string of the molecule is COCCOCCOc1ccnc(N2CCC(CN3CCN(C(=O)OC(C)(C)C)CC3)CC2)c1. The van der Waals surface area contributed by atoms with Gasteiger partial charge in [-0.1, -0.05) is 0 Å². The van der Waals surface area contributed by atoms with E-state index in [0.717, 1.165) is 70.2 Å². The lowest BCUT2D eigenvalue weighted by Crippen LogP contribution is -2.51. The topological polar surface area (TPSA) is 76.6 Å². The number of rotatable bonds is 10. The largest absolute Gasteiger partial charge is 0.491 e. The highest BCUT2D eigenvalue weighted by atomic mass is 16.6. The van der Waals surface area contributed by atoms with Gasteiger partial charge in [-0.3, -0.25) is 4.90 Å². The molecule has 0 unspecified atom stereocenters. The highest BCUT2D eigenvalue weighted by Gasteiger charge is 2.28. The highest BCUT2D eigenvalue weighted by molar-refractivity contribution is 5.68. The first-order valence-electron chi connectivity index (χ1n) is 12.4. The number of carbonyl (C=O) groups excluding carboxylic acids is 1. The standard InChI is InChI=1S/C25H42N4O5/c1-25(2,3)34-24(30)29-13-11-27(12-14-29)20-21-6-9-28(10-7-21)23-19-22(5-8-26-23)33-18-17-32-16-15-31-4/h5,8,19,21H,6-7,9-18,20H2,1-4H3. The molecule has 9 heteroatoms. The molecule has 2 aliphatic heterocycles. The summed E-state index contributed by atoms with van der Waals surface area (Å²) in [6, 6.07) is 3.91. The molecule has 0 atom stereocenters.